The van der Waals surface area contributed by atoms with E-state index in [9.17, 15) is 5.11 Å². The van der Waals surface area contributed by atoms with Crippen LogP contribution >= 0.6 is 0 Å². The van der Waals surface area contributed by atoms with Gasteiger partial charge in [-0.15, -0.1) is 0 Å². The first-order chi connectivity index (χ1) is 16.6. The number of aliphatic hydroxyl groups excluding tert-OH is 1. The maximum atomic E-state index is 11.3. The van der Waals surface area contributed by atoms with Crippen molar-refractivity contribution in [3.8, 4) is 11.5 Å². The molecular formula is C30H33NO3. The molecule has 3 aromatic rings. The summed E-state index contributed by atoms with van der Waals surface area (Å²) in [6, 6.07) is 23.9. The number of ether oxygens (including phenoxy) is 2. The van der Waals surface area contributed by atoms with Crippen LogP contribution in [-0.4, -0.2) is 43.9 Å². The van der Waals surface area contributed by atoms with Crippen LogP contribution in [0, 0.1) is 5.92 Å². The molecule has 0 spiro atoms. The molecular weight excluding hydrogens is 422 g/mol. The minimum Gasteiger partial charge on any atom is -0.497 e. The van der Waals surface area contributed by atoms with Gasteiger partial charge in [-0.05, 0) is 78.7 Å². The largest absolute Gasteiger partial charge is 0.497 e. The SMILES string of the molecule is COc1ccc(OC)c(C(O)C2CCN(CC34CC(c5ccccc53)c3ccccc34)CC2)c1. The van der Waals surface area contributed by atoms with Crippen molar-refractivity contribution in [1.82, 2.24) is 4.90 Å². The van der Waals surface area contributed by atoms with Crippen molar-refractivity contribution in [2.75, 3.05) is 33.9 Å². The zero-order chi connectivity index (χ0) is 23.3. The molecule has 2 aliphatic carbocycles. The van der Waals surface area contributed by atoms with Crippen LogP contribution in [0.25, 0.3) is 0 Å². The lowest BCUT2D eigenvalue weighted by Gasteiger charge is -2.40. The van der Waals surface area contributed by atoms with E-state index in [2.05, 4.69) is 53.4 Å². The number of aliphatic hydroxyl groups is 1. The summed E-state index contributed by atoms with van der Waals surface area (Å²) in [6.07, 6.45) is 2.60. The van der Waals surface area contributed by atoms with Gasteiger partial charge in [0.05, 0.1) is 20.3 Å². The first-order valence-corrected chi connectivity index (χ1v) is 12.5. The van der Waals surface area contributed by atoms with Crippen LogP contribution in [0.1, 0.15) is 59.1 Å². The van der Waals surface area contributed by atoms with E-state index in [0.29, 0.717) is 5.92 Å². The van der Waals surface area contributed by atoms with Gasteiger partial charge in [-0.25, -0.2) is 0 Å². The first-order valence-electron chi connectivity index (χ1n) is 12.5. The number of nitrogens with zero attached hydrogens (tertiary/aromatic N) is 1. The van der Waals surface area contributed by atoms with Gasteiger partial charge in [-0.1, -0.05) is 48.5 Å². The molecule has 34 heavy (non-hydrogen) atoms. The van der Waals surface area contributed by atoms with Crippen molar-refractivity contribution in [3.05, 3.63) is 94.5 Å². The van der Waals surface area contributed by atoms with E-state index in [0.717, 1.165) is 49.5 Å². The van der Waals surface area contributed by atoms with E-state index in [1.807, 2.05) is 18.2 Å². The second-order valence-electron chi connectivity index (χ2n) is 10.2. The fourth-order valence-electron chi connectivity index (χ4n) is 6.94. The molecule has 2 bridgehead atoms. The highest BCUT2D eigenvalue weighted by Gasteiger charge is 2.53. The molecule has 0 radical (unpaired) electrons. The molecule has 1 N–H and O–H groups in total. The van der Waals surface area contributed by atoms with Crippen LogP contribution in [0.4, 0.5) is 0 Å². The standard InChI is InChI=1S/C30H33NO3/c1-33-21-11-12-28(34-2)24(17-21)29(32)20-13-15-31(16-14-20)19-30-18-25(22-7-3-5-9-26(22)30)23-8-4-6-10-27(23)30/h3-12,17,20,25,29,32H,13-16,18-19H2,1-2H3. The molecule has 0 aromatic heterocycles. The van der Waals surface area contributed by atoms with Crippen molar-refractivity contribution < 1.29 is 14.6 Å². The fourth-order valence-corrected chi connectivity index (χ4v) is 6.94. The minimum atomic E-state index is -0.547. The van der Waals surface area contributed by atoms with Gasteiger partial charge >= 0.3 is 0 Å². The number of hydrogen-bond acceptors (Lipinski definition) is 4. The van der Waals surface area contributed by atoms with E-state index in [-0.39, 0.29) is 11.3 Å². The Morgan fingerprint density at radius 1 is 0.912 bits per heavy atom. The highest BCUT2D eigenvalue weighted by atomic mass is 16.5. The van der Waals surface area contributed by atoms with Gasteiger partial charge in [-0.2, -0.15) is 0 Å². The van der Waals surface area contributed by atoms with Gasteiger partial charge in [-0.3, -0.25) is 0 Å². The molecule has 4 nitrogen and oxygen atoms in total. The Bertz CT molecular complexity index is 1150. The minimum absolute atomic E-state index is 0.0966. The molecule has 3 aliphatic rings. The summed E-state index contributed by atoms with van der Waals surface area (Å²) in [5, 5.41) is 11.3. The Hall–Kier alpha value is -2.82. The predicted molar refractivity (Wildman–Crippen MR) is 134 cm³/mol. The van der Waals surface area contributed by atoms with E-state index in [1.54, 1.807) is 14.2 Å². The second-order valence-corrected chi connectivity index (χ2v) is 10.2. The molecule has 1 atom stereocenters. The molecule has 1 aliphatic heterocycles. The van der Waals surface area contributed by atoms with Crippen LogP contribution < -0.4 is 9.47 Å². The fraction of sp³-hybridized carbons (Fsp3) is 0.400. The predicted octanol–water partition coefficient (Wildman–Crippen LogP) is 5.28. The second kappa shape index (κ2) is 8.44. The number of benzene rings is 3. The third-order valence-electron chi connectivity index (χ3n) is 8.58. The average molecular weight is 456 g/mol. The Morgan fingerprint density at radius 2 is 1.56 bits per heavy atom. The summed E-state index contributed by atoms with van der Waals surface area (Å²) >= 11 is 0. The van der Waals surface area contributed by atoms with E-state index >= 15 is 0 Å². The quantitative estimate of drug-likeness (QED) is 0.549. The first kappa shape index (κ1) is 21.7. The molecule has 1 unspecified atom stereocenters. The smallest absolute Gasteiger partial charge is 0.124 e. The summed E-state index contributed by atoms with van der Waals surface area (Å²) in [7, 11) is 3.31. The van der Waals surface area contributed by atoms with E-state index in [4.69, 9.17) is 9.47 Å². The van der Waals surface area contributed by atoms with Gasteiger partial charge < -0.3 is 19.5 Å². The summed E-state index contributed by atoms with van der Waals surface area (Å²) in [5.41, 5.74) is 7.03. The van der Waals surface area contributed by atoms with Gasteiger partial charge in [0.15, 0.2) is 0 Å². The number of fused-ring (bicyclic) bond motifs is 8. The lowest BCUT2D eigenvalue weighted by molar-refractivity contribution is 0.0523. The average Bonchev–Trinajstić information content (AvgIpc) is 3.40. The number of rotatable bonds is 6. The van der Waals surface area contributed by atoms with Crippen molar-refractivity contribution in [1.29, 1.82) is 0 Å². The third kappa shape index (κ3) is 3.27. The zero-order valence-corrected chi connectivity index (χ0v) is 20.0. The molecule has 1 heterocycles. The monoisotopic (exact) mass is 455 g/mol. The van der Waals surface area contributed by atoms with Crippen LogP contribution in [0.15, 0.2) is 66.7 Å². The lowest BCUT2D eigenvalue weighted by Crippen LogP contribution is -2.44. The maximum absolute atomic E-state index is 11.3. The van der Waals surface area contributed by atoms with Crippen molar-refractivity contribution in [3.63, 3.8) is 0 Å². The number of piperidine rings is 1. The van der Waals surface area contributed by atoms with Gasteiger partial charge in [0.2, 0.25) is 0 Å². The van der Waals surface area contributed by atoms with E-state index < -0.39 is 6.10 Å². The number of likely N-dealkylation sites (tertiary alicyclic amines) is 1. The van der Waals surface area contributed by atoms with Crippen molar-refractivity contribution in [2.45, 2.75) is 36.7 Å². The molecule has 0 amide bonds. The molecule has 4 heteroatoms. The lowest BCUT2D eigenvalue weighted by atomic mass is 9.74. The summed E-state index contributed by atoms with van der Waals surface area (Å²) in [6.45, 7) is 3.07. The zero-order valence-electron chi connectivity index (χ0n) is 20.0. The highest BCUT2D eigenvalue weighted by Crippen LogP contribution is 2.60. The van der Waals surface area contributed by atoms with Crippen LogP contribution in [0.5, 0.6) is 11.5 Å². The highest BCUT2D eigenvalue weighted by molar-refractivity contribution is 5.63. The third-order valence-corrected chi connectivity index (χ3v) is 8.58. The Morgan fingerprint density at radius 3 is 2.18 bits per heavy atom. The van der Waals surface area contributed by atoms with Crippen LogP contribution in [0.3, 0.4) is 0 Å². The molecule has 6 rings (SSSR count). The summed E-state index contributed by atoms with van der Waals surface area (Å²) in [4.78, 5) is 2.63. The van der Waals surface area contributed by atoms with Gasteiger partial charge in [0.1, 0.15) is 11.5 Å². The summed E-state index contributed by atoms with van der Waals surface area (Å²) < 4.78 is 10.9. The molecule has 1 saturated heterocycles. The molecule has 176 valence electrons. The topological polar surface area (TPSA) is 41.9 Å². The molecule has 1 fully saturated rings. The Balaban J connectivity index is 1.21. The Kier molecular flexibility index (Phi) is 5.39. The normalized spacial score (nSPS) is 24.5. The van der Waals surface area contributed by atoms with Gasteiger partial charge in [0, 0.05) is 23.4 Å². The Labute approximate surface area is 202 Å². The van der Waals surface area contributed by atoms with E-state index in [1.165, 1.54) is 28.7 Å². The maximum Gasteiger partial charge on any atom is 0.124 e. The molecule has 0 saturated carbocycles. The molecule has 3 aromatic carbocycles. The summed E-state index contributed by atoms with van der Waals surface area (Å²) in [5.74, 6) is 2.23. The van der Waals surface area contributed by atoms with Crippen LogP contribution in [0.2, 0.25) is 0 Å². The van der Waals surface area contributed by atoms with Gasteiger partial charge in [0.25, 0.3) is 0 Å². The number of methoxy groups -OCH3 is 2. The van der Waals surface area contributed by atoms with Crippen molar-refractivity contribution >= 4 is 0 Å². The number of hydrogen-bond donors (Lipinski definition) is 1. The van der Waals surface area contributed by atoms with Crippen LogP contribution in [-0.2, 0) is 5.41 Å². The van der Waals surface area contributed by atoms with Crippen molar-refractivity contribution in [2.24, 2.45) is 5.92 Å².